The molecule has 0 aliphatic carbocycles. The standard InChI is InChI=1S/C21H17Cl4NO2/c1-27-20-9-14(11-26-19-10-16(23)5-6-17(19)24)8-18(25)21(20)28-12-13-3-2-4-15(22)7-13/h2-10,26H,11-12H2,1H3. The quantitative estimate of drug-likeness (QED) is 0.399. The molecule has 0 heterocycles. The molecule has 0 unspecified atom stereocenters. The summed E-state index contributed by atoms with van der Waals surface area (Å²) in [6.07, 6.45) is 0. The van der Waals surface area contributed by atoms with E-state index < -0.39 is 0 Å². The number of halogens is 4. The minimum Gasteiger partial charge on any atom is -0.493 e. The maximum absolute atomic E-state index is 6.44. The highest BCUT2D eigenvalue weighted by Gasteiger charge is 2.13. The SMILES string of the molecule is COc1cc(CNc2cc(Cl)ccc2Cl)cc(Cl)c1OCc1cccc(Cl)c1. The second-order valence-corrected chi connectivity index (χ2v) is 7.69. The van der Waals surface area contributed by atoms with Crippen LogP contribution < -0.4 is 14.8 Å². The molecule has 0 bridgehead atoms. The molecule has 3 rings (SSSR count). The van der Waals surface area contributed by atoms with E-state index in [1.54, 1.807) is 25.3 Å². The maximum Gasteiger partial charge on any atom is 0.180 e. The Labute approximate surface area is 184 Å². The molecule has 0 radical (unpaired) electrons. The van der Waals surface area contributed by atoms with Crippen molar-refractivity contribution >= 4 is 52.1 Å². The van der Waals surface area contributed by atoms with E-state index in [2.05, 4.69) is 5.32 Å². The zero-order chi connectivity index (χ0) is 20.1. The highest BCUT2D eigenvalue weighted by Crippen LogP contribution is 2.37. The molecule has 0 amide bonds. The van der Waals surface area contributed by atoms with Crippen molar-refractivity contribution in [3.8, 4) is 11.5 Å². The van der Waals surface area contributed by atoms with Gasteiger partial charge in [-0.3, -0.25) is 0 Å². The van der Waals surface area contributed by atoms with Crippen molar-refractivity contribution < 1.29 is 9.47 Å². The van der Waals surface area contributed by atoms with Gasteiger partial charge in [0, 0.05) is 16.6 Å². The fourth-order valence-electron chi connectivity index (χ4n) is 2.63. The van der Waals surface area contributed by atoms with Crippen LogP contribution in [0, 0.1) is 0 Å². The molecule has 0 saturated carbocycles. The van der Waals surface area contributed by atoms with Gasteiger partial charge in [-0.15, -0.1) is 0 Å². The van der Waals surface area contributed by atoms with Crippen LogP contribution in [0.25, 0.3) is 0 Å². The third-order valence-corrected chi connectivity index (χ3v) is 5.05. The van der Waals surface area contributed by atoms with E-state index in [1.165, 1.54) is 0 Å². The Balaban J connectivity index is 1.74. The van der Waals surface area contributed by atoms with Gasteiger partial charge >= 0.3 is 0 Å². The summed E-state index contributed by atoms with van der Waals surface area (Å²) in [5.41, 5.74) is 2.59. The highest BCUT2D eigenvalue weighted by atomic mass is 35.5. The molecule has 0 aliphatic heterocycles. The molecule has 3 aromatic carbocycles. The number of anilines is 1. The van der Waals surface area contributed by atoms with Gasteiger partial charge in [-0.1, -0.05) is 58.5 Å². The summed E-state index contributed by atoms with van der Waals surface area (Å²) in [6.45, 7) is 0.817. The number of rotatable bonds is 7. The van der Waals surface area contributed by atoms with Crippen molar-refractivity contribution in [1.82, 2.24) is 0 Å². The van der Waals surface area contributed by atoms with Crippen LogP contribution in [0.4, 0.5) is 5.69 Å². The first kappa shape index (κ1) is 20.9. The van der Waals surface area contributed by atoms with Gasteiger partial charge in [-0.05, 0) is 53.6 Å². The van der Waals surface area contributed by atoms with Crippen molar-refractivity contribution in [2.75, 3.05) is 12.4 Å². The number of nitrogens with one attached hydrogen (secondary N) is 1. The van der Waals surface area contributed by atoms with Crippen LogP contribution in [0.3, 0.4) is 0 Å². The first-order valence-electron chi connectivity index (χ1n) is 8.39. The molecule has 146 valence electrons. The second-order valence-electron chi connectivity index (χ2n) is 6.01. The molecule has 0 aromatic heterocycles. The van der Waals surface area contributed by atoms with Crippen molar-refractivity contribution in [2.45, 2.75) is 13.2 Å². The molecule has 7 heteroatoms. The maximum atomic E-state index is 6.44. The van der Waals surface area contributed by atoms with E-state index in [9.17, 15) is 0 Å². The average Bonchev–Trinajstić information content (AvgIpc) is 2.67. The number of ether oxygens (including phenoxy) is 2. The van der Waals surface area contributed by atoms with Crippen LogP contribution in [0.15, 0.2) is 54.6 Å². The van der Waals surface area contributed by atoms with Crippen LogP contribution >= 0.6 is 46.4 Å². The smallest absolute Gasteiger partial charge is 0.180 e. The molecule has 28 heavy (non-hydrogen) atoms. The molecule has 0 fully saturated rings. The van der Waals surface area contributed by atoms with Crippen molar-refractivity contribution in [3.63, 3.8) is 0 Å². The number of hydrogen-bond acceptors (Lipinski definition) is 3. The molecule has 0 atom stereocenters. The predicted octanol–water partition coefficient (Wildman–Crippen LogP) is 7.50. The number of benzene rings is 3. The summed E-state index contributed by atoms with van der Waals surface area (Å²) < 4.78 is 11.3. The van der Waals surface area contributed by atoms with Crippen molar-refractivity contribution in [2.24, 2.45) is 0 Å². The zero-order valence-corrected chi connectivity index (χ0v) is 18.0. The summed E-state index contributed by atoms with van der Waals surface area (Å²) in [5.74, 6) is 1.03. The molecular formula is C21H17Cl4NO2. The van der Waals surface area contributed by atoms with Crippen LogP contribution in [0.1, 0.15) is 11.1 Å². The molecule has 3 nitrogen and oxygen atoms in total. The van der Waals surface area contributed by atoms with Gasteiger partial charge in [-0.2, -0.15) is 0 Å². The normalized spacial score (nSPS) is 10.6. The van der Waals surface area contributed by atoms with Crippen molar-refractivity contribution in [1.29, 1.82) is 0 Å². The molecular weight excluding hydrogens is 440 g/mol. The van der Waals surface area contributed by atoms with Crippen LogP contribution in [-0.2, 0) is 13.2 Å². The molecule has 0 saturated heterocycles. The Bertz CT molecular complexity index is 979. The van der Waals surface area contributed by atoms with Gasteiger partial charge in [0.25, 0.3) is 0 Å². The summed E-state index contributed by atoms with van der Waals surface area (Å²) in [7, 11) is 1.57. The minimum absolute atomic E-state index is 0.326. The summed E-state index contributed by atoms with van der Waals surface area (Å²) in [5, 5.41) is 5.54. The highest BCUT2D eigenvalue weighted by molar-refractivity contribution is 6.35. The Morgan fingerprint density at radius 3 is 2.36 bits per heavy atom. The summed E-state index contributed by atoms with van der Waals surface area (Å²) in [4.78, 5) is 0. The molecule has 3 aromatic rings. The lowest BCUT2D eigenvalue weighted by Crippen LogP contribution is -2.03. The van der Waals surface area contributed by atoms with Gasteiger partial charge in [-0.25, -0.2) is 0 Å². The predicted molar refractivity (Wildman–Crippen MR) is 118 cm³/mol. The zero-order valence-electron chi connectivity index (χ0n) is 14.9. The average molecular weight is 457 g/mol. The van der Waals surface area contributed by atoms with Crippen LogP contribution in [0.5, 0.6) is 11.5 Å². The largest absolute Gasteiger partial charge is 0.493 e. The van der Waals surface area contributed by atoms with Crippen molar-refractivity contribution in [3.05, 3.63) is 85.8 Å². The van der Waals surface area contributed by atoms with Gasteiger partial charge in [0.2, 0.25) is 0 Å². The molecule has 0 spiro atoms. The molecule has 0 aliphatic rings. The minimum atomic E-state index is 0.326. The Morgan fingerprint density at radius 2 is 1.61 bits per heavy atom. The third kappa shape index (κ3) is 5.39. The third-order valence-electron chi connectivity index (χ3n) is 3.97. The van der Waals surface area contributed by atoms with Gasteiger partial charge in [0.15, 0.2) is 11.5 Å². The van der Waals surface area contributed by atoms with E-state index in [0.29, 0.717) is 44.7 Å². The van der Waals surface area contributed by atoms with E-state index >= 15 is 0 Å². The Morgan fingerprint density at radius 1 is 0.821 bits per heavy atom. The van der Waals surface area contributed by atoms with E-state index in [1.807, 2.05) is 36.4 Å². The first-order chi connectivity index (χ1) is 13.5. The summed E-state index contributed by atoms with van der Waals surface area (Å²) in [6, 6.07) is 16.4. The first-order valence-corrected chi connectivity index (χ1v) is 9.90. The van der Waals surface area contributed by atoms with Crippen LogP contribution in [-0.4, -0.2) is 7.11 Å². The lowest BCUT2D eigenvalue weighted by molar-refractivity contribution is 0.284. The Kier molecular flexibility index (Phi) is 7.19. The number of methoxy groups -OCH3 is 1. The van der Waals surface area contributed by atoms with E-state index in [0.717, 1.165) is 16.8 Å². The van der Waals surface area contributed by atoms with Gasteiger partial charge in [0.05, 0.1) is 22.8 Å². The van der Waals surface area contributed by atoms with Crippen LogP contribution in [0.2, 0.25) is 20.1 Å². The van der Waals surface area contributed by atoms with E-state index in [4.69, 9.17) is 55.9 Å². The lowest BCUT2D eigenvalue weighted by Gasteiger charge is -2.15. The lowest BCUT2D eigenvalue weighted by atomic mass is 10.2. The number of hydrogen-bond donors (Lipinski definition) is 1. The second kappa shape index (κ2) is 9.62. The fourth-order valence-corrected chi connectivity index (χ4v) is 3.49. The summed E-state index contributed by atoms with van der Waals surface area (Å²) >= 11 is 24.7. The topological polar surface area (TPSA) is 30.5 Å². The monoisotopic (exact) mass is 455 g/mol. The fraction of sp³-hybridized carbons (Fsp3) is 0.143. The molecule has 1 N–H and O–H groups in total. The van der Waals surface area contributed by atoms with Gasteiger partial charge in [0.1, 0.15) is 6.61 Å². The Hall–Kier alpha value is -1.78. The van der Waals surface area contributed by atoms with Gasteiger partial charge < -0.3 is 14.8 Å². The van der Waals surface area contributed by atoms with E-state index in [-0.39, 0.29) is 0 Å².